The van der Waals surface area contributed by atoms with Crippen molar-refractivity contribution in [2.75, 3.05) is 5.33 Å². The van der Waals surface area contributed by atoms with Gasteiger partial charge in [0.05, 0.1) is 10.0 Å². The van der Waals surface area contributed by atoms with Gasteiger partial charge in [-0.3, -0.25) is 0 Å². The molecule has 0 amide bonds. The van der Waals surface area contributed by atoms with Crippen molar-refractivity contribution in [1.29, 1.82) is 0 Å². The highest BCUT2D eigenvalue weighted by molar-refractivity contribution is 9.09. The second-order valence-electron chi connectivity index (χ2n) is 4.77. The van der Waals surface area contributed by atoms with E-state index < -0.39 is 0 Å². The highest BCUT2D eigenvalue weighted by Gasteiger charge is 2.13. The number of rotatable bonds is 5. The maximum atomic E-state index is 6.25. The summed E-state index contributed by atoms with van der Waals surface area (Å²) in [6.45, 7) is 0. The van der Waals surface area contributed by atoms with Crippen LogP contribution in [0.15, 0.2) is 42.5 Å². The summed E-state index contributed by atoms with van der Waals surface area (Å²) in [4.78, 5) is 0. The molecule has 0 bridgehead atoms. The first-order valence-electron chi connectivity index (χ1n) is 6.33. The van der Waals surface area contributed by atoms with Gasteiger partial charge in [-0.2, -0.15) is 0 Å². The van der Waals surface area contributed by atoms with Gasteiger partial charge in [0.15, 0.2) is 0 Å². The van der Waals surface area contributed by atoms with Crippen molar-refractivity contribution in [2.45, 2.75) is 12.8 Å². The van der Waals surface area contributed by atoms with Gasteiger partial charge in [0.1, 0.15) is 0 Å². The van der Waals surface area contributed by atoms with Crippen LogP contribution in [0.3, 0.4) is 0 Å². The Labute approximate surface area is 143 Å². The topological polar surface area (TPSA) is 0 Å². The lowest BCUT2D eigenvalue weighted by Gasteiger charge is -2.15. The average molecular weight is 393 g/mol. The molecule has 1 atom stereocenters. The molecule has 2 aromatic rings. The van der Waals surface area contributed by atoms with E-state index in [1.165, 1.54) is 5.56 Å². The SMILES string of the molecule is Clc1ccc(CC(CBr)Cc2cccc(Cl)c2Cl)cc1. The van der Waals surface area contributed by atoms with Crippen LogP contribution < -0.4 is 0 Å². The third-order valence-corrected chi connectivity index (χ3v) is 5.22. The minimum atomic E-state index is 0.465. The largest absolute Gasteiger partial charge is 0.0925 e. The van der Waals surface area contributed by atoms with Gasteiger partial charge in [0, 0.05) is 10.4 Å². The van der Waals surface area contributed by atoms with E-state index in [9.17, 15) is 0 Å². The number of alkyl halides is 1. The van der Waals surface area contributed by atoms with Gasteiger partial charge in [0.25, 0.3) is 0 Å². The summed E-state index contributed by atoms with van der Waals surface area (Å²) < 4.78 is 0. The Bertz CT molecular complexity index is 566. The van der Waals surface area contributed by atoms with Crippen molar-refractivity contribution in [2.24, 2.45) is 5.92 Å². The molecule has 0 aromatic heterocycles. The van der Waals surface area contributed by atoms with Crippen molar-refractivity contribution in [3.63, 3.8) is 0 Å². The van der Waals surface area contributed by atoms with Gasteiger partial charge < -0.3 is 0 Å². The van der Waals surface area contributed by atoms with Crippen molar-refractivity contribution in [3.05, 3.63) is 68.7 Å². The maximum absolute atomic E-state index is 6.25. The maximum Gasteiger partial charge on any atom is 0.0624 e. The Morgan fingerprint density at radius 2 is 1.60 bits per heavy atom. The normalized spacial score (nSPS) is 12.4. The van der Waals surface area contributed by atoms with Crippen LogP contribution in [-0.4, -0.2) is 5.33 Å². The van der Waals surface area contributed by atoms with E-state index in [1.54, 1.807) is 0 Å². The van der Waals surface area contributed by atoms with E-state index in [1.807, 2.05) is 30.3 Å². The fraction of sp³-hybridized carbons (Fsp3) is 0.250. The van der Waals surface area contributed by atoms with E-state index in [0.717, 1.165) is 28.8 Å². The van der Waals surface area contributed by atoms with Gasteiger partial charge in [0.2, 0.25) is 0 Å². The molecular formula is C16H14BrCl3. The molecule has 0 saturated heterocycles. The molecule has 0 N–H and O–H groups in total. The molecule has 106 valence electrons. The lowest BCUT2D eigenvalue weighted by atomic mass is 9.94. The van der Waals surface area contributed by atoms with E-state index in [-0.39, 0.29) is 0 Å². The standard InChI is InChI=1S/C16H14BrCl3/c17-10-12(8-11-4-6-14(18)7-5-11)9-13-2-1-3-15(19)16(13)20/h1-7,12H,8-10H2. The minimum Gasteiger partial charge on any atom is -0.0925 e. The van der Waals surface area contributed by atoms with Gasteiger partial charge >= 0.3 is 0 Å². The molecule has 0 nitrogen and oxygen atoms in total. The van der Waals surface area contributed by atoms with Crippen molar-refractivity contribution in [3.8, 4) is 0 Å². The first kappa shape index (κ1) is 16.2. The van der Waals surface area contributed by atoms with Crippen LogP contribution in [0.25, 0.3) is 0 Å². The lowest BCUT2D eigenvalue weighted by Crippen LogP contribution is -2.10. The van der Waals surface area contributed by atoms with Crippen LogP contribution in [-0.2, 0) is 12.8 Å². The first-order valence-corrected chi connectivity index (χ1v) is 8.59. The Morgan fingerprint density at radius 1 is 0.900 bits per heavy atom. The van der Waals surface area contributed by atoms with Crippen molar-refractivity contribution < 1.29 is 0 Å². The summed E-state index contributed by atoms with van der Waals surface area (Å²) in [6.07, 6.45) is 1.87. The second kappa shape index (κ2) is 7.70. The molecule has 4 heteroatoms. The van der Waals surface area contributed by atoms with Gasteiger partial charge in [-0.15, -0.1) is 0 Å². The molecule has 0 radical (unpaired) electrons. The number of hydrogen-bond acceptors (Lipinski definition) is 0. The molecule has 2 aromatic carbocycles. The van der Waals surface area contributed by atoms with Gasteiger partial charge in [-0.05, 0) is 48.1 Å². The Hall–Kier alpha value is -0.210. The third-order valence-electron chi connectivity index (χ3n) is 3.20. The smallest absolute Gasteiger partial charge is 0.0624 e. The molecule has 0 saturated carbocycles. The fourth-order valence-electron chi connectivity index (χ4n) is 2.15. The molecule has 0 aliphatic heterocycles. The zero-order chi connectivity index (χ0) is 14.5. The lowest BCUT2D eigenvalue weighted by molar-refractivity contribution is 0.591. The van der Waals surface area contributed by atoms with E-state index in [0.29, 0.717) is 16.0 Å². The summed E-state index contributed by atoms with van der Waals surface area (Å²) in [5.74, 6) is 0.465. The van der Waals surface area contributed by atoms with E-state index in [4.69, 9.17) is 34.8 Å². The van der Waals surface area contributed by atoms with Crippen LogP contribution in [0, 0.1) is 5.92 Å². The quantitative estimate of drug-likeness (QED) is 0.513. The molecule has 0 aliphatic rings. The van der Waals surface area contributed by atoms with Crippen LogP contribution in [0.1, 0.15) is 11.1 Å². The zero-order valence-corrected chi connectivity index (χ0v) is 14.6. The molecule has 20 heavy (non-hydrogen) atoms. The first-order chi connectivity index (χ1) is 9.60. The van der Waals surface area contributed by atoms with E-state index in [2.05, 4.69) is 28.1 Å². The third kappa shape index (κ3) is 4.39. The predicted molar refractivity (Wildman–Crippen MR) is 92.6 cm³/mol. The van der Waals surface area contributed by atoms with Crippen molar-refractivity contribution >= 4 is 50.7 Å². The highest BCUT2D eigenvalue weighted by Crippen LogP contribution is 2.28. The van der Waals surface area contributed by atoms with Gasteiger partial charge in [-0.1, -0.05) is 75.0 Å². The average Bonchev–Trinajstić information content (AvgIpc) is 2.45. The number of benzene rings is 2. The Kier molecular flexibility index (Phi) is 6.22. The molecule has 1 unspecified atom stereocenters. The van der Waals surface area contributed by atoms with Crippen LogP contribution in [0.4, 0.5) is 0 Å². The number of hydrogen-bond donors (Lipinski definition) is 0. The fourth-order valence-corrected chi connectivity index (χ4v) is 3.13. The highest BCUT2D eigenvalue weighted by atomic mass is 79.9. The predicted octanol–water partition coefficient (Wildman–Crippen LogP) is 6.44. The molecule has 0 heterocycles. The number of halogens is 4. The molecule has 0 spiro atoms. The van der Waals surface area contributed by atoms with Crippen LogP contribution >= 0.6 is 50.7 Å². The monoisotopic (exact) mass is 390 g/mol. The Morgan fingerprint density at radius 3 is 2.25 bits per heavy atom. The van der Waals surface area contributed by atoms with Crippen LogP contribution in [0.5, 0.6) is 0 Å². The van der Waals surface area contributed by atoms with E-state index >= 15 is 0 Å². The Balaban J connectivity index is 2.09. The van der Waals surface area contributed by atoms with Crippen molar-refractivity contribution in [1.82, 2.24) is 0 Å². The van der Waals surface area contributed by atoms with Gasteiger partial charge in [-0.25, -0.2) is 0 Å². The second-order valence-corrected chi connectivity index (χ2v) is 6.64. The molecule has 0 aliphatic carbocycles. The summed E-state index contributed by atoms with van der Waals surface area (Å²) in [5.41, 5.74) is 2.37. The van der Waals surface area contributed by atoms with Crippen LogP contribution in [0.2, 0.25) is 15.1 Å². The zero-order valence-electron chi connectivity index (χ0n) is 10.8. The molecule has 2 rings (SSSR count). The summed E-state index contributed by atoms with van der Waals surface area (Å²) in [5, 5.41) is 2.96. The summed E-state index contributed by atoms with van der Waals surface area (Å²) >= 11 is 21.8. The molecule has 0 fully saturated rings. The minimum absolute atomic E-state index is 0.465. The summed E-state index contributed by atoms with van der Waals surface area (Å²) in [6, 6.07) is 13.8. The summed E-state index contributed by atoms with van der Waals surface area (Å²) in [7, 11) is 0. The molecular weight excluding hydrogens is 378 g/mol.